The normalized spacial score (nSPS) is 43.0. The van der Waals surface area contributed by atoms with Crippen molar-refractivity contribution in [3.05, 3.63) is 11.1 Å². The van der Waals surface area contributed by atoms with Crippen molar-refractivity contribution in [3.8, 4) is 0 Å². The molecule has 3 aliphatic carbocycles. The van der Waals surface area contributed by atoms with Crippen molar-refractivity contribution in [2.24, 2.45) is 47.3 Å². The van der Waals surface area contributed by atoms with E-state index in [0.29, 0.717) is 25.7 Å². The predicted molar refractivity (Wildman–Crippen MR) is 107 cm³/mol. The third kappa shape index (κ3) is 2.14. The zero-order valence-electron chi connectivity index (χ0n) is 18.2. The van der Waals surface area contributed by atoms with Crippen LogP contribution in [0.25, 0.3) is 0 Å². The highest BCUT2D eigenvalue weighted by Gasteiger charge is 2.64. The number of carbonyl (C=O) groups is 6. The summed E-state index contributed by atoms with van der Waals surface area (Å²) in [7, 11) is 4.49. The molecule has 9 nitrogen and oxygen atoms in total. The number of allylic oxidation sites excluding steroid dienone is 2. The molecule has 0 bridgehead atoms. The minimum absolute atomic E-state index is 0.197. The first-order valence-electron chi connectivity index (χ1n) is 11.3. The van der Waals surface area contributed by atoms with Crippen LogP contribution in [-0.2, 0) is 28.8 Å². The Balaban J connectivity index is 1.49. The number of amides is 6. The van der Waals surface area contributed by atoms with Gasteiger partial charge in [-0.1, -0.05) is 11.1 Å². The molecular weight excluding hydrogens is 414 g/mol. The van der Waals surface area contributed by atoms with Crippen LogP contribution in [0.2, 0.25) is 0 Å². The van der Waals surface area contributed by atoms with Gasteiger partial charge in [-0.05, 0) is 37.5 Å². The van der Waals surface area contributed by atoms with Crippen LogP contribution in [0, 0.1) is 47.3 Å². The Kier molecular flexibility index (Phi) is 3.80. The van der Waals surface area contributed by atoms with Crippen LogP contribution in [0.4, 0.5) is 0 Å². The smallest absolute Gasteiger partial charge is 0.233 e. The quantitative estimate of drug-likeness (QED) is 0.382. The van der Waals surface area contributed by atoms with Gasteiger partial charge in [-0.3, -0.25) is 43.5 Å². The molecule has 0 radical (unpaired) electrons. The summed E-state index contributed by atoms with van der Waals surface area (Å²) < 4.78 is 0. The SMILES string of the molecule is CN1C(=O)[C@@H]2[C@H](C1=O)[C@@H]1C[C@H]3C(=O)N(C)C(=O)[C@H]3CC1=C1C[C@H]3C(=O)N(C)C(=O)[C@H]3C[C@@H]12. The zero-order valence-corrected chi connectivity index (χ0v) is 18.2. The summed E-state index contributed by atoms with van der Waals surface area (Å²) in [5.74, 6) is -4.81. The minimum atomic E-state index is -0.563. The van der Waals surface area contributed by atoms with Gasteiger partial charge in [-0.15, -0.1) is 0 Å². The fourth-order valence-electron chi connectivity index (χ4n) is 7.67. The molecule has 8 atom stereocenters. The second-order valence-corrected chi connectivity index (χ2v) is 10.3. The molecule has 0 unspecified atom stereocenters. The molecule has 6 amide bonds. The lowest BCUT2D eigenvalue weighted by Crippen LogP contribution is -2.46. The average Bonchev–Trinajstić information content (AvgIpc) is 3.24. The Morgan fingerprint density at radius 2 is 0.781 bits per heavy atom. The Labute approximate surface area is 184 Å². The summed E-state index contributed by atoms with van der Waals surface area (Å²) in [5, 5.41) is 0. The first-order chi connectivity index (χ1) is 15.1. The Hall–Kier alpha value is -2.84. The number of hydrogen-bond acceptors (Lipinski definition) is 6. The fraction of sp³-hybridized carbons (Fsp3) is 0.652. The molecule has 3 saturated heterocycles. The highest BCUT2D eigenvalue weighted by atomic mass is 16.2. The molecule has 0 aromatic heterocycles. The van der Waals surface area contributed by atoms with E-state index in [0.717, 1.165) is 11.1 Å². The standard InChI is InChI=1S/C23H25N3O6/c1-24-18(27)12-4-8-9-5-13-15(21(30)25(2)19(13)28)7-11(9)17-16(22(31)26(3)23(17)32)10(8)6-14(12)20(24)29/h10-17H,4-7H2,1-3H3/t10-,11+,12+,13-,14-,15+,16-,17+. The van der Waals surface area contributed by atoms with E-state index in [4.69, 9.17) is 0 Å². The summed E-state index contributed by atoms with van der Waals surface area (Å²) >= 11 is 0. The molecule has 0 aromatic carbocycles. The number of nitrogens with zero attached hydrogens (tertiary/aromatic N) is 3. The topological polar surface area (TPSA) is 112 Å². The maximum absolute atomic E-state index is 13.2. The molecule has 2 saturated carbocycles. The number of imide groups is 3. The van der Waals surface area contributed by atoms with E-state index in [1.54, 1.807) is 0 Å². The van der Waals surface area contributed by atoms with Gasteiger partial charge in [0.1, 0.15) is 0 Å². The summed E-state index contributed by atoms with van der Waals surface area (Å²) in [6, 6.07) is 0. The zero-order chi connectivity index (χ0) is 22.8. The predicted octanol–water partition coefficient (Wildman–Crippen LogP) is -0.190. The molecule has 6 rings (SSSR count). The van der Waals surface area contributed by atoms with E-state index in [-0.39, 0.29) is 47.3 Å². The van der Waals surface area contributed by atoms with Crippen LogP contribution in [0.15, 0.2) is 11.1 Å². The van der Waals surface area contributed by atoms with Gasteiger partial charge in [-0.2, -0.15) is 0 Å². The van der Waals surface area contributed by atoms with Gasteiger partial charge in [0, 0.05) is 21.1 Å². The Bertz CT molecular complexity index is 996. The maximum Gasteiger partial charge on any atom is 0.233 e. The van der Waals surface area contributed by atoms with E-state index >= 15 is 0 Å². The van der Waals surface area contributed by atoms with E-state index in [9.17, 15) is 28.8 Å². The molecule has 0 aromatic rings. The Morgan fingerprint density at radius 3 is 1.16 bits per heavy atom. The molecule has 0 spiro atoms. The first kappa shape index (κ1) is 19.8. The minimum Gasteiger partial charge on any atom is -0.285 e. The van der Waals surface area contributed by atoms with Crippen molar-refractivity contribution >= 4 is 35.4 Å². The van der Waals surface area contributed by atoms with Crippen LogP contribution in [0.3, 0.4) is 0 Å². The number of likely N-dealkylation sites (tertiary alicyclic amines) is 3. The highest BCUT2D eigenvalue weighted by molar-refractivity contribution is 6.08. The van der Waals surface area contributed by atoms with Crippen molar-refractivity contribution in [1.29, 1.82) is 0 Å². The third-order valence-electron chi connectivity index (χ3n) is 9.25. The van der Waals surface area contributed by atoms with Gasteiger partial charge >= 0.3 is 0 Å². The summed E-state index contributed by atoms with van der Waals surface area (Å²) in [4.78, 5) is 80.8. The number of rotatable bonds is 0. The maximum atomic E-state index is 13.2. The lowest BCUT2D eigenvalue weighted by molar-refractivity contribution is -0.140. The van der Waals surface area contributed by atoms with Gasteiger partial charge in [0.2, 0.25) is 35.4 Å². The van der Waals surface area contributed by atoms with E-state index in [1.165, 1.54) is 35.8 Å². The van der Waals surface area contributed by atoms with E-state index < -0.39 is 35.5 Å². The van der Waals surface area contributed by atoms with Gasteiger partial charge in [0.25, 0.3) is 0 Å². The van der Waals surface area contributed by atoms with E-state index in [1.807, 2.05) is 0 Å². The van der Waals surface area contributed by atoms with Crippen LogP contribution >= 0.6 is 0 Å². The Morgan fingerprint density at radius 1 is 0.469 bits per heavy atom. The first-order valence-corrected chi connectivity index (χ1v) is 11.3. The molecule has 5 fully saturated rings. The van der Waals surface area contributed by atoms with Crippen molar-refractivity contribution in [3.63, 3.8) is 0 Å². The number of fused-ring (bicyclic) bond motifs is 7. The van der Waals surface area contributed by atoms with Crippen LogP contribution in [0.1, 0.15) is 25.7 Å². The largest absolute Gasteiger partial charge is 0.285 e. The van der Waals surface area contributed by atoms with Crippen molar-refractivity contribution < 1.29 is 28.8 Å². The van der Waals surface area contributed by atoms with Crippen LogP contribution < -0.4 is 0 Å². The molecule has 9 heteroatoms. The highest BCUT2D eigenvalue weighted by Crippen LogP contribution is 2.60. The molecule has 32 heavy (non-hydrogen) atoms. The average molecular weight is 439 g/mol. The van der Waals surface area contributed by atoms with Crippen molar-refractivity contribution in [2.45, 2.75) is 25.7 Å². The third-order valence-corrected chi connectivity index (χ3v) is 9.25. The molecule has 3 heterocycles. The fourth-order valence-corrected chi connectivity index (χ4v) is 7.67. The van der Waals surface area contributed by atoms with Crippen LogP contribution in [0.5, 0.6) is 0 Å². The van der Waals surface area contributed by atoms with Gasteiger partial charge in [-0.25, -0.2) is 0 Å². The summed E-state index contributed by atoms with van der Waals surface area (Å²) in [5.41, 5.74) is 1.97. The van der Waals surface area contributed by atoms with Gasteiger partial charge < -0.3 is 0 Å². The summed E-state index contributed by atoms with van der Waals surface area (Å²) in [6.07, 6.45) is 1.53. The van der Waals surface area contributed by atoms with E-state index in [2.05, 4.69) is 0 Å². The second-order valence-electron chi connectivity index (χ2n) is 10.3. The van der Waals surface area contributed by atoms with Gasteiger partial charge in [0.15, 0.2) is 0 Å². The van der Waals surface area contributed by atoms with Crippen molar-refractivity contribution in [1.82, 2.24) is 14.7 Å². The van der Waals surface area contributed by atoms with Crippen LogP contribution in [-0.4, -0.2) is 71.3 Å². The molecule has 0 N–H and O–H groups in total. The number of carbonyl (C=O) groups excluding carboxylic acids is 6. The van der Waals surface area contributed by atoms with Crippen molar-refractivity contribution in [2.75, 3.05) is 21.1 Å². The monoisotopic (exact) mass is 439 g/mol. The summed E-state index contributed by atoms with van der Waals surface area (Å²) in [6.45, 7) is 0. The number of hydrogen-bond donors (Lipinski definition) is 0. The molecule has 3 aliphatic heterocycles. The lowest BCUT2D eigenvalue weighted by Gasteiger charge is -2.47. The molecule has 6 aliphatic rings. The second kappa shape index (κ2) is 6.14. The molecule has 168 valence electrons. The van der Waals surface area contributed by atoms with Gasteiger partial charge in [0.05, 0.1) is 35.5 Å². The lowest BCUT2D eigenvalue weighted by atomic mass is 9.53. The molecular formula is C23H25N3O6.